The molecule has 2 N–H and O–H groups in total. The Hall–Kier alpha value is -1.84. The van der Waals surface area contributed by atoms with Gasteiger partial charge in [0.05, 0.1) is 5.60 Å². The molecule has 2 aromatic carbocycles. The van der Waals surface area contributed by atoms with Crippen LogP contribution in [0.4, 0.5) is 0 Å². The average Bonchev–Trinajstić information content (AvgIpc) is 2.55. The van der Waals surface area contributed by atoms with Crippen molar-refractivity contribution in [3.63, 3.8) is 0 Å². The highest BCUT2D eigenvalue weighted by Crippen LogP contribution is 2.32. The minimum atomic E-state index is -0.725. The fourth-order valence-electron chi connectivity index (χ4n) is 2.75. The summed E-state index contributed by atoms with van der Waals surface area (Å²) >= 11 is 0. The van der Waals surface area contributed by atoms with E-state index in [0.29, 0.717) is 6.61 Å². The molecule has 0 atom stereocenters. The third kappa shape index (κ3) is 3.43. The molecule has 0 aromatic heterocycles. The van der Waals surface area contributed by atoms with Gasteiger partial charge in [-0.25, -0.2) is 0 Å². The molecule has 3 rings (SSSR count). The normalized spacial score (nSPS) is 17.4. The zero-order valence-electron chi connectivity index (χ0n) is 12.1. The first-order chi connectivity index (χ1) is 10.3. The Bertz CT molecular complexity index is 577. The highest BCUT2D eigenvalue weighted by Gasteiger charge is 2.31. The molecule has 3 nitrogen and oxygen atoms in total. The maximum Gasteiger partial charge on any atom is 0.120 e. The Balaban J connectivity index is 1.71. The first-order valence-electron chi connectivity index (χ1n) is 7.47. The molecule has 1 heterocycles. The zero-order chi connectivity index (χ0) is 14.5. The minimum absolute atomic E-state index is 0.546. The van der Waals surface area contributed by atoms with Gasteiger partial charge < -0.3 is 15.2 Å². The zero-order valence-corrected chi connectivity index (χ0v) is 12.1. The van der Waals surface area contributed by atoms with Crippen LogP contribution in [-0.2, 0) is 12.2 Å². The van der Waals surface area contributed by atoms with Gasteiger partial charge in [0.1, 0.15) is 12.4 Å². The second-order valence-corrected chi connectivity index (χ2v) is 5.58. The molecule has 0 unspecified atom stereocenters. The summed E-state index contributed by atoms with van der Waals surface area (Å²) in [5.74, 6) is 0.809. The van der Waals surface area contributed by atoms with Crippen LogP contribution in [0.25, 0.3) is 0 Å². The van der Waals surface area contributed by atoms with E-state index in [0.717, 1.165) is 42.8 Å². The van der Waals surface area contributed by atoms with Crippen molar-refractivity contribution in [2.24, 2.45) is 0 Å². The van der Waals surface area contributed by atoms with Gasteiger partial charge in [-0.1, -0.05) is 42.5 Å². The van der Waals surface area contributed by atoms with E-state index in [4.69, 9.17) is 4.74 Å². The van der Waals surface area contributed by atoms with Crippen molar-refractivity contribution in [2.45, 2.75) is 25.0 Å². The van der Waals surface area contributed by atoms with Crippen molar-refractivity contribution < 1.29 is 9.84 Å². The first-order valence-corrected chi connectivity index (χ1v) is 7.47. The van der Waals surface area contributed by atoms with Gasteiger partial charge in [-0.3, -0.25) is 0 Å². The maximum atomic E-state index is 10.8. The summed E-state index contributed by atoms with van der Waals surface area (Å²) in [5, 5.41) is 14.0. The summed E-state index contributed by atoms with van der Waals surface area (Å²) in [5.41, 5.74) is 1.37. The highest BCUT2D eigenvalue weighted by atomic mass is 16.5. The Morgan fingerprint density at radius 1 is 1.00 bits per heavy atom. The molecule has 21 heavy (non-hydrogen) atoms. The SMILES string of the molecule is OC1(c2cccc(OCc3ccccc3)c2)CCNCC1. The van der Waals surface area contributed by atoms with Gasteiger partial charge in [0.2, 0.25) is 0 Å². The largest absolute Gasteiger partial charge is 0.489 e. The number of rotatable bonds is 4. The topological polar surface area (TPSA) is 41.5 Å². The van der Waals surface area contributed by atoms with Crippen LogP contribution in [0.1, 0.15) is 24.0 Å². The molecule has 0 aliphatic carbocycles. The van der Waals surface area contributed by atoms with Crippen molar-refractivity contribution in [3.05, 3.63) is 65.7 Å². The van der Waals surface area contributed by atoms with E-state index in [1.54, 1.807) is 0 Å². The van der Waals surface area contributed by atoms with E-state index in [2.05, 4.69) is 5.32 Å². The molecule has 1 aliphatic rings. The smallest absolute Gasteiger partial charge is 0.120 e. The Labute approximate surface area is 125 Å². The Morgan fingerprint density at radius 2 is 1.76 bits per heavy atom. The third-order valence-corrected chi connectivity index (χ3v) is 4.05. The summed E-state index contributed by atoms with van der Waals surface area (Å²) in [6.45, 7) is 2.25. The summed E-state index contributed by atoms with van der Waals surface area (Å²) in [4.78, 5) is 0. The summed E-state index contributed by atoms with van der Waals surface area (Å²) in [6.07, 6.45) is 1.49. The summed E-state index contributed by atoms with van der Waals surface area (Å²) in [6, 6.07) is 18.0. The summed E-state index contributed by atoms with van der Waals surface area (Å²) < 4.78 is 5.84. The molecule has 0 radical (unpaired) electrons. The molecule has 0 amide bonds. The molecule has 110 valence electrons. The third-order valence-electron chi connectivity index (χ3n) is 4.05. The van der Waals surface area contributed by atoms with E-state index in [-0.39, 0.29) is 0 Å². The minimum Gasteiger partial charge on any atom is -0.489 e. The van der Waals surface area contributed by atoms with Crippen molar-refractivity contribution in [1.82, 2.24) is 5.32 Å². The first kappa shape index (κ1) is 14.1. The number of nitrogens with one attached hydrogen (secondary N) is 1. The molecule has 1 saturated heterocycles. The molecule has 0 spiro atoms. The van der Waals surface area contributed by atoms with Crippen molar-refractivity contribution in [3.8, 4) is 5.75 Å². The van der Waals surface area contributed by atoms with Gasteiger partial charge in [0, 0.05) is 0 Å². The van der Waals surface area contributed by atoms with E-state index < -0.39 is 5.60 Å². The van der Waals surface area contributed by atoms with E-state index in [1.807, 2.05) is 54.6 Å². The lowest BCUT2D eigenvalue weighted by molar-refractivity contribution is 0.00571. The quantitative estimate of drug-likeness (QED) is 0.906. The number of hydrogen-bond donors (Lipinski definition) is 2. The van der Waals surface area contributed by atoms with Gasteiger partial charge in [0.15, 0.2) is 0 Å². The standard InChI is InChI=1S/C18H21NO2/c20-18(9-11-19-12-10-18)16-7-4-8-17(13-16)21-14-15-5-2-1-3-6-15/h1-8,13,19-20H,9-12,14H2. The lowest BCUT2D eigenvalue weighted by atomic mass is 9.85. The molecule has 1 aliphatic heterocycles. The number of ether oxygens (including phenoxy) is 1. The summed E-state index contributed by atoms with van der Waals surface area (Å²) in [7, 11) is 0. The van der Waals surface area contributed by atoms with E-state index in [1.165, 1.54) is 0 Å². The lowest BCUT2D eigenvalue weighted by Crippen LogP contribution is -2.39. The molecule has 0 saturated carbocycles. The van der Waals surface area contributed by atoms with Crippen LogP contribution in [0, 0.1) is 0 Å². The van der Waals surface area contributed by atoms with Crippen molar-refractivity contribution in [1.29, 1.82) is 0 Å². The van der Waals surface area contributed by atoms with E-state index in [9.17, 15) is 5.11 Å². The number of piperidine rings is 1. The highest BCUT2D eigenvalue weighted by molar-refractivity contribution is 5.33. The van der Waals surface area contributed by atoms with Crippen LogP contribution in [0.2, 0.25) is 0 Å². The van der Waals surface area contributed by atoms with E-state index >= 15 is 0 Å². The Kier molecular flexibility index (Phi) is 4.23. The number of hydrogen-bond acceptors (Lipinski definition) is 3. The van der Waals surface area contributed by atoms with Crippen LogP contribution in [0.15, 0.2) is 54.6 Å². The number of benzene rings is 2. The van der Waals surface area contributed by atoms with Gasteiger partial charge in [-0.05, 0) is 49.2 Å². The van der Waals surface area contributed by atoms with Crippen LogP contribution < -0.4 is 10.1 Å². The van der Waals surface area contributed by atoms with Gasteiger partial charge in [0.25, 0.3) is 0 Å². The van der Waals surface area contributed by atoms with Crippen LogP contribution in [-0.4, -0.2) is 18.2 Å². The van der Waals surface area contributed by atoms with Crippen LogP contribution in [0.3, 0.4) is 0 Å². The molecule has 0 bridgehead atoms. The molecule has 3 heteroatoms. The maximum absolute atomic E-state index is 10.8. The van der Waals surface area contributed by atoms with Gasteiger partial charge in [-0.15, -0.1) is 0 Å². The molecule has 1 fully saturated rings. The average molecular weight is 283 g/mol. The monoisotopic (exact) mass is 283 g/mol. The fourth-order valence-corrected chi connectivity index (χ4v) is 2.75. The molecular formula is C18H21NO2. The molecular weight excluding hydrogens is 262 g/mol. The second kappa shape index (κ2) is 6.29. The van der Waals surface area contributed by atoms with Crippen molar-refractivity contribution >= 4 is 0 Å². The van der Waals surface area contributed by atoms with Crippen molar-refractivity contribution in [2.75, 3.05) is 13.1 Å². The predicted molar refractivity (Wildman–Crippen MR) is 83.2 cm³/mol. The lowest BCUT2D eigenvalue weighted by Gasteiger charge is -2.33. The van der Waals surface area contributed by atoms with Gasteiger partial charge >= 0.3 is 0 Å². The van der Waals surface area contributed by atoms with Crippen LogP contribution in [0.5, 0.6) is 5.75 Å². The fraction of sp³-hybridized carbons (Fsp3) is 0.333. The van der Waals surface area contributed by atoms with Gasteiger partial charge in [-0.2, -0.15) is 0 Å². The van der Waals surface area contributed by atoms with Crippen LogP contribution >= 0.6 is 0 Å². The number of aliphatic hydroxyl groups is 1. The Morgan fingerprint density at radius 3 is 2.52 bits per heavy atom. The predicted octanol–water partition coefficient (Wildman–Crippen LogP) is 2.84. The molecule has 2 aromatic rings. The second-order valence-electron chi connectivity index (χ2n) is 5.58.